The summed E-state index contributed by atoms with van der Waals surface area (Å²) in [6.45, 7) is 0. The second kappa shape index (κ2) is 4.15. The third kappa shape index (κ3) is 2.44. The Morgan fingerprint density at radius 3 is 2.10 bits per heavy atom. The second-order valence-electron chi connectivity index (χ2n) is 1.63. The minimum Gasteiger partial charge on any atom is -0.699 e. The van der Waals surface area contributed by atoms with E-state index in [-0.39, 0.29) is 18.9 Å². The van der Waals surface area contributed by atoms with Crippen LogP contribution in [0.2, 0.25) is 10.0 Å². The Kier molecular flexibility index (Phi) is 4.24. The number of benzene rings is 1. The predicted molar refractivity (Wildman–Crippen MR) is 40.4 cm³/mol. The van der Waals surface area contributed by atoms with Crippen molar-refractivity contribution in [1.82, 2.24) is 0 Å². The van der Waals surface area contributed by atoms with Gasteiger partial charge in [-0.1, -0.05) is 35.3 Å². The van der Waals surface area contributed by atoms with Crippen molar-refractivity contribution in [1.29, 1.82) is 0 Å². The van der Waals surface area contributed by atoms with Crippen LogP contribution in [0.3, 0.4) is 0 Å². The average Bonchev–Trinajstić information content (AvgIpc) is 1.80. The van der Waals surface area contributed by atoms with Gasteiger partial charge in [-0.15, -0.1) is 5.69 Å². The molecule has 1 aromatic rings. The van der Waals surface area contributed by atoms with Gasteiger partial charge in [0.1, 0.15) is 0 Å². The average molecular weight is 168 g/mol. The molecule has 0 aliphatic carbocycles. The van der Waals surface area contributed by atoms with E-state index >= 15 is 0 Å². The summed E-state index contributed by atoms with van der Waals surface area (Å²) in [6, 6.07) is 4.70. The summed E-state index contributed by atoms with van der Waals surface area (Å²) >= 11 is 11.1. The van der Waals surface area contributed by atoms with Gasteiger partial charge in [-0.3, -0.25) is 0 Å². The fourth-order valence-corrected chi connectivity index (χ4v) is 0.794. The van der Waals surface area contributed by atoms with Crippen molar-refractivity contribution in [3.63, 3.8) is 0 Å². The van der Waals surface area contributed by atoms with Gasteiger partial charge < -0.3 is 5.73 Å². The molecule has 0 atom stereocenters. The first kappa shape index (κ1) is 10.2. The summed E-state index contributed by atoms with van der Waals surface area (Å²) in [5.74, 6) is 0. The maximum absolute atomic E-state index is 7.09. The molecular formula is C6H4Cl2LiN. The Balaban J connectivity index is 0.000000810. The zero-order valence-electron chi connectivity index (χ0n) is 5.49. The van der Waals surface area contributed by atoms with E-state index in [9.17, 15) is 0 Å². The zero-order valence-corrected chi connectivity index (χ0v) is 7.00. The standard InChI is InChI=1S/C6H4Cl2N.Li/c7-5-2-1-4(9)3-6(5)8;/h1-3,9H;/q-1;+1. The van der Waals surface area contributed by atoms with E-state index in [4.69, 9.17) is 28.9 Å². The van der Waals surface area contributed by atoms with Gasteiger partial charge in [0.25, 0.3) is 0 Å². The van der Waals surface area contributed by atoms with E-state index in [0.29, 0.717) is 15.7 Å². The fourth-order valence-electron chi connectivity index (χ4n) is 0.496. The van der Waals surface area contributed by atoms with Crippen molar-refractivity contribution in [2.75, 3.05) is 0 Å². The topological polar surface area (TPSA) is 23.8 Å². The van der Waals surface area contributed by atoms with Crippen molar-refractivity contribution in [3.05, 3.63) is 34.0 Å². The van der Waals surface area contributed by atoms with Crippen LogP contribution >= 0.6 is 23.2 Å². The Morgan fingerprint density at radius 1 is 1.10 bits per heavy atom. The minimum atomic E-state index is 0. The Hall–Kier alpha value is 0.197. The number of halogens is 2. The van der Waals surface area contributed by atoms with E-state index in [0.717, 1.165) is 0 Å². The molecule has 0 unspecified atom stereocenters. The fraction of sp³-hybridized carbons (Fsp3) is 0. The van der Waals surface area contributed by atoms with E-state index in [1.807, 2.05) is 0 Å². The number of hydrogen-bond acceptors (Lipinski definition) is 0. The Bertz CT molecular complexity index is 227. The number of hydrogen-bond donors (Lipinski definition) is 0. The molecule has 1 rings (SSSR count). The van der Waals surface area contributed by atoms with Gasteiger partial charge in [0.15, 0.2) is 0 Å². The largest absolute Gasteiger partial charge is 1.00 e. The van der Waals surface area contributed by atoms with Crippen LogP contribution in [0, 0.1) is 0 Å². The van der Waals surface area contributed by atoms with Gasteiger partial charge in [0.2, 0.25) is 0 Å². The van der Waals surface area contributed by atoms with E-state index in [1.54, 1.807) is 12.1 Å². The van der Waals surface area contributed by atoms with Gasteiger partial charge in [0, 0.05) is 0 Å². The summed E-state index contributed by atoms with van der Waals surface area (Å²) in [6.07, 6.45) is 0. The molecule has 1 aromatic carbocycles. The van der Waals surface area contributed by atoms with Crippen molar-refractivity contribution < 1.29 is 18.9 Å². The molecule has 0 saturated carbocycles. The quantitative estimate of drug-likeness (QED) is 0.508. The normalized spacial score (nSPS) is 8.60. The van der Waals surface area contributed by atoms with Crippen LogP contribution in [0.25, 0.3) is 5.73 Å². The summed E-state index contributed by atoms with van der Waals surface area (Å²) < 4.78 is 0. The van der Waals surface area contributed by atoms with Gasteiger partial charge in [-0.05, 0) is 6.07 Å². The first-order chi connectivity index (χ1) is 4.20. The second-order valence-corrected chi connectivity index (χ2v) is 2.44. The van der Waals surface area contributed by atoms with Gasteiger partial charge in [-0.2, -0.15) is 0 Å². The molecule has 0 aliphatic rings. The molecule has 0 fully saturated rings. The number of nitrogens with one attached hydrogen (secondary N) is 1. The molecule has 1 nitrogen and oxygen atoms in total. The van der Waals surface area contributed by atoms with Crippen LogP contribution in [0.15, 0.2) is 18.2 Å². The molecule has 0 aromatic heterocycles. The summed E-state index contributed by atoms with van der Waals surface area (Å²) in [5, 5.41) is 0.928. The van der Waals surface area contributed by atoms with Gasteiger partial charge in [-0.25, -0.2) is 0 Å². The van der Waals surface area contributed by atoms with Crippen molar-refractivity contribution in [3.8, 4) is 0 Å². The predicted octanol–water partition coefficient (Wildman–Crippen LogP) is 0.681. The minimum absolute atomic E-state index is 0. The van der Waals surface area contributed by atoms with Crippen molar-refractivity contribution in [2.45, 2.75) is 0 Å². The van der Waals surface area contributed by atoms with E-state index in [2.05, 4.69) is 0 Å². The summed E-state index contributed by atoms with van der Waals surface area (Å²) in [7, 11) is 0. The van der Waals surface area contributed by atoms with Crippen LogP contribution < -0.4 is 18.9 Å². The van der Waals surface area contributed by atoms with Crippen LogP contribution in [0.1, 0.15) is 0 Å². The molecule has 10 heavy (non-hydrogen) atoms. The summed E-state index contributed by atoms with van der Waals surface area (Å²) in [5.41, 5.74) is 7.47. The Labute approximate surface area is 81.7 Å². The first-order valence-corrected chi connectivity index (χ1v) is 3.12. The van der Waals surface area contributed by atoms with E-state index in [1.165, 1.54) is 6.07 Å². The van der Waals surface area contributed by atoms with Crippen LogP contribution in [-0.4, -0.2) is 0 Å². The van der Waals surface area contributed by atoms with E-state index < -0.39 is 0 Å². The molecule has 0 spiro atoms. The molecule has 0 saturated heterocycles. The zero-order chi connectivity index (χ0) is 6.85. The molecule has 0 bridgehead atoms. The van der Waals surface area contributed by atoms with Crippen LogP contribution in [0.4, 0.5) is 5.69 Å². The van der Waals surface area contributed by atoms with Crippen LogP contribution in [0.5, 0.6) is 0 Å². The molecule has 48 valence electrons. The Morgan fingerprint density at radius 2 is 1.70 bits per heavy atom. The molecular weight excluding hydrogens is 164 g/mol. The molecule has 0 amide bonds. The summed E-state index contributed by atoms with van der Waals surface area (Å²) in [4.78, 5) is 0. The molecule has 1 N–H and O–H groups in total. The SMILES string of the molecule is [Li+].[NH-]c1ccc(Cl)c(Cl)c1. The third-order valence-electron chi connectivity index (χ3n) is 0.920. The maximum Gasteiger partial charge on any atom is 1.00 e. The van der Waals surface area contributed by atoms with Crippen molar-refractivity contribution >= 4 is 28.9 Å². The first-order valence-electron chi connectivity index (χ1n) is 2.37. The van der Waals surface area contributed by atoms with Gasteiger partial charge >= 0.3 is 18.9 Å². The molecule has 0 heterocycles. The monoisotopic (exact) mass is 167 g/mol. The molecule has 4 heteroatoms. The third-order valence-corrected chi connectivity index (χ3v) is 1.66. The number of rotatable bonds is 0. The molecule has 0 aliphatic heterocycles. The van der Waals surface area contributed by atoms with Gasteiger partial charge in [0.05, 0.1) is 10.0 Å². The smallest absolute Gasteiger partial charge is 0.699 e. The van der Waals surface area contributed by atoms with Crippen LogP contribution in [-0.2, 0) is 0 Å². The maximum atomic E-state index is 7.09. The van der Waals surface area contributed by atoms with Crippen molar-refractivity contribution in [2.24, 2.45) is 0 Å². The molecule has 0 radical (unpaired) electrons.